The lowest BCUT2D eigenvalue weighted by atomic mass is 9.84. The van der Waals surface area contributed by atoms with Crippen molar-refractivity contribution in [3.63, 3.8) is 0 Å². The lowest BCUT2D eigenvalue weighted by Gasteiger charge is -2.35. The number of furan rings is 1. The maximum Gasteiger partial charge on any atom is 0.287 e. The second kappa shape index (κ2) is 7.01. The molecule has 7 nitrogen and oxygen atoms in total. The van der Waals surface area contributed by atoms with Crippen LogP contribution >= 0.6 is 0 Å². The van der Waals surface area contributed by atoms with E-state index in [1.807, 2.05) is 17.9 Å². The first-order valence-electron chi connectivity index (χ1n) is 8.82. The van der Waals surface area contributed by atoms with Crippen molar-refractivity contribution >= 4 is 5.91 Å². The third kappa shape index (κ3) is 3.62. The summed E-state index contributed by atoms with van der Waals surface area (Å²) in [5.41, 5.74) is 1.25. The summed E-state index contributed by atoms with van der Waals surface area (Å²) >= 11 is 0. The van der Waals surface area contributed by atoms with Crippen LogP contribution in [0.1, 0.15) is 22.5 Å². The molecule has 2 aliphatic heterocycles. The number of fused-ring (bicyclic) bond motifs is 1. The molecule has 1 amide bonds. The highest BCUT2D eigenvalue weighted by Crippen LogP contribution is 2.34. The van der Waals surface area contributed by atoms with Crippen LogP contribution in [0.3, 0.4) is 0 Å². The van der Waals surface area contributed by atoms with Gasteiger partial charge in [-0.05, 0) is 31.0 Å². The smallest absolute Gasteiger partial charge is 0.287 e. The Labute approximate surface area is 146 Å². The fraction of sp³-hybridized carbons (Fsp3) is 0.556. The van der Waals surface area contributed by atoms with E-state index < -0.39 is 0 Å². The zero-order chi connectivity index (χ0) is 17.2. The number of aromatic nitrogens is 2. The van der Waals surface area contributed by atoms with E-state index in [-0.39, 0.29) is 12.0 Å². The number of hydrogen-bond donors (Lipinski definition) is 1. The maximum absolute atomic E-state index is 12.0. The van der Waals surface area contributed by atoms with Crippen LogP contribution in [0.15, 0.2) is 35.2 Å². The van der Waals surface area contributed by atoms with Gasteiger partial charge in [-0.15, -0.1) is 0 Å². The van der Waals surface area contributed by atoms with Crippen molar-refractivity contribution in [2.75, 3.05) is 26.2 Å². The topological polar surface area (TPSA) is 72.5 Å². The van der Waals surface area contributed by atoms with Gasteiger partial charge in [-0.25, -0.2) is 0 Å². The molecule has 2 fully saturated rings. The fourth-order valence-electron chi connectivity index (χ4n) is 4.02. The predicted molar refractivity (Wildman–Crippen MR) is 90.9 cm³/mol. The Bertz CT molecular complexity index is 712. The number of ether oxygens (including phenoxy) is 1. The monoisotopic (exact) mass is 344 g/mol. The number of carbonyl (C=O) groups is 1. The van der Waals surface area contributed by atoms with E-state index in [1.165, 1.54) is 11.8 Å². The molecule has 0 aromatic carbocycles. The first-order valence-corrected chi connectivity index (χ1v) is 8.82. The van der Waals surface area contributed by atoms with Crippen LogP contribution in [0.25, 0.3) is 0 Å². The van der Waals surface area contributed by atoms with E-state index in [0.29, 0.717) is 24.1 Å². The number of rotatable bonds is 5. The number of hydrogen-bond acceptors (Lipinski definition) is 5. The summed E-state index contributed by atoms with van der Waals surface area (Å²) in [4.78, 5) is 14.5. The Balaban J connectivity index is 1.28. The molecule has 3 atom stereocenters. The Hall–Kier alpha value is -2.12. The van der Waals surface area contributed by atoms with Crippen LogP contribution in [-0.2, 0) is 18.3 Å². The molecule has 2 saturated heterocycles. The molecular weight excluding hydrogens is 320 g/mol. The van der Waals surface area contributed by atoms with Crippen LogP contribution < -0.4 is 5.32 Å². The summed E-state index contributed by atoms with van der Waals surface area (Å²) in [6, 6.07) is 3.39. The molecule has 0 saturated carbocycles. The lowest BCUT2D eigenvalue weighted by molar-refractivity contribution is 0.0729. The van der Waals surface area contributed by atoms with E-state index in [4.69, 9.17) is 9.15 Å². The minimum absolute atomic E-state index is 0.101. The lowest BCUT2D eigenvalue weighted by Crippen LogP contribution is -2.43. The first kappa shape index (κ1) is 16.4. The highest BCUT2D eigenvalue weighted by molar-refractivity contribution is 5.91. The first-order chi connectivity index (χ1) is 12.2. The molecule has 4 heterocycles. The molecule has 0 aliphatic carbocycles. The molecular formula is C18H24N4O3. The minimum atomic E-state index is -0.175. The minimum Gasteiger partial charge on any atom is -0.459 e. The molecule has 4 rings (SSSR count). The summed E-state index contributed by atoms with van der Waals surface area (Å²) in [5, 5.41) is 7.17. The number of piperidine rings is 1. The van der Waals surface area contributed by atoms with E-state index in [2.05, 4.69) is 21.5 Å². The fourth-order valence-corrected chi connectivity index (χ4v) is 4.02. The molecule has 2 aliphatic rings. The summed E-state index contributed by atoms with van der Waals surface area (Å²) in [5.74, 6) is 1.23. The number of likely N-dealkylation sites (tertiary alicyclic amines) is 1. The van der Waals surface area contributed by atoms with Crippen LogP contribution in [0.5, 0.6) is 0 Å². The molecule has 134 valence electrons. The zero-order valence-corrected chi connectivity index (χ0v) is 14.4. The van der Waals surface area contributed by atoms with Gasteiger partial charge in [0.2, 0.25) is 0 Å². The molecule has 0 unspecified atom stereocenters. The van der Waals surface area contributed by atoms with E-state index in [1.54, 1.807) is 12.1 Å². The third-order valence-corrected chi connectivity index (χ3v) is 5.25. The Morgan fingerprint density at radius 1 is 1.48 bits per heavy atom. The van der Waals surface area contributed by atoms with Crippen molar-refractivity contribution in [3.8, 4) is 0 Å². The van der Waals surface area contributed by atoms with Crippen LogP contribution in [-0.4, -0.2) is 52.9 Å². The van der Waals surface area contributed by atoms with Crippen molar-refractivity contribution in [2.45, 2.75) is 19.1 Å². The van der Waals surface area contributed by atoms with Gasteiger partial charge < -0.3 is 14.5 Å². The average molecular weight is 344 g/mol. The van der Waals surface area contributed by atoms with Gasteiger partial charge in [-0.1, -0.05) is 0 Å². The number of amides is 1. The van der Waals surface area contributed by atoms with Gasteiger partial charge in [0, 0.05) is 44.4 Å². The normalized spacial score (nSPS) is 26.5. The van der Waals surface area contributed by atoms with E-state index in [0.717, 1.165) is 32.7 Å². The maximum atomic E-state index is 12.0. The molecule has 2 aromatic heterocycles. The zero-order valence-electron chi connectivity index (χ0n) is 14.4. The summed E-state index contributed by atoms with van der Waals surface area (Å²) in [6.45, 7) is 4.36. The molecule has 25 heavy (non-hydrogen) atoms. The standard InChI is InChI=1S/C18H24N4O3/c1-21-9-13(7-20-21)10-22-5-4-15-14(11-22)12-25-17(15)8-19-18(23)16-3-2-6-24-16/h2-3,6-7,9,14-15,17H,4-5,8,10-12H2,1H3,(H,19,23)/t14-,15-,17+/m1/s1. The number of carbonyl (C=O) groups excluding carboxylic acids is 1. The SMILES string of the molecule is Cn1cc(CN2CC[C@@H]3[C@@H](CO[C@H]3CNC(=O)c3ccco3)C2)cn1. The number of nitrogens with one attached hydrogen (secondary N) is 1. The largest absolute Gasteiger partial charge is 0.459 e. The van der Waals surface area contributed by atoms with Crippen molar-refractivity contribution in [1.82, 2.24) is 20.0 Å². The van der Waals surface area contributed by atoms with Gasteiger partial charge in [0.05, 0.1) is 25.2 Å². The van der Waals surface area contributed by atoms with Gasteiger partial charge >= 0.3 is 0 Å². The van der Waals surface area contributed by atoms with Crippen LogP contribution in [0, 0.1) is 11.8 Å². The van der Waals surface area contributed by atoms with Crippen molar-refractivity contribution in [1.29, 1.82) is 0 Å². The summed E-state index contributed by atoms with van der Waals surface area (Å²) < 4.78 is 13.0. The summed E-state index contributed by atoms with van der Waals surface area (Å²) in [7, 11) is 1.95. The molecule has 2 aromatic rings. The van der Waals surface area contributed by atoms with Gasteiger partial charge in [-0.3, -0.25) is 14.4 Å². The Kier molecular flexibility index (Phi) is 4.59. The molecule has 0 spiro atoms. The van der Waals surface area contributed by atoms with Crippen molar-refractivity contribution in [3.05, 3.63) is 42.1 Å². The highest BCUT2D eigenvalue weighted by atomic mass is 16.5. The molecule has 1 N–H and O–H groups in total. The second-order valence-electron chi connectivity index (χ2n) is 7.03. The molecule has 0 radical (unpaired) electrons. The van der Waals surface area contributed by atoms with Crippen molar-refractivity contribution < 1.29 is 13.9 Å². The summed E-state index contributed by atoms with van der Waals surface area (Å²) in [6.07, 6.45) is 6.72. The Morgan fingerprint density at radius 2 is 2.40 bits per heavy atom. The number of aryl methyl sites for hydroxylation is 1. The van der Waals surface area contributed by atoms with Crippen LogP contribution in [0.2, 0.25) is 0 Å². The average Bonchev–Trinajstić information content (AvgIpc) is 3.34. The molecule has 0 bridgehead atoms. The second-order valence-corrected chi connectivity index (χ2v) is 7.03. The van der Waals surface area contributed by atoms with Gasteiger partial charge in [-0.2, -0.15) is 5.10 Å². The van der Waals surface area contributed by atoms with E-state index >= 15 is 0 Å². The predicted octanol–water partition coefficient (Wildman–Crippen LogP) is 1.28. The van der Waals surface area contributed by atoms with Gasteiger partial charge in [0.15, 0.2) is 5.76 Å². The van der Waals surface area contributed by atoms with Gasteiger partial charge in [0.1, 0.15) is 0 Å². The van der Waals surface area contributed by atoms with Crippen molar-refractivity contribution in [2.24, 2.45) is 18.9 Å². The highest BCUT2D eigenvalue weighted by Gasteiger charge is 2.40. The van der Waals surface area contributed by atoms with Gasteiger partial charge in [0.25, 0.3) is 5.91 Å². The van der Waals surface area contributed by atoms with E-state index in [9.17, 15) is 4.79 Å². The quantitative estimate of drug-likeness (QED) is 0.885. The van der Waals surface area contributed by atoms with Crippen LogP contribution in [0.4, 0.5) is 0 Å². The third-order valence-electron chi connectivity index (χ3n) is 5.25. The molecule has 7 heteroatoms. The number of nitrogens with zero attached hydrogens (tertiary/aromatic N) is 3. The Morgan fingerprint density at radius 3 is 3.16 bits per heavy atom.